The smallest absolute Gasteiger partial charge is 0.161 e. The van der Waals surface area contributed by atoms with E-state index in [9.17, 15) is 5.26 Å². The molecule has 41 heavy (non-hydrogen) atoms. The molecule has 0 saturated carbocycles. The lowest BCUT2D eigenvalue weighted by Crippen LogP contribution is -2.07. The van der Waals surface area contributed by atoms with Gasteiger partial charge < -0.3 is 10.6 Å². The lowest BCUT2D eigenvalue weighted by molar-refractivity contribution is 1.13. The molecule has 0 unspecified atom stereocenters. The van der Waals surface area contributed by atoms with Crippen LogP contribution in [0.3, 0.4) is 0 Å². The number of halogens is 2. The summed E-state index contributed by atoms with van der Waals surface area (Å²) in [6.45, 7) is 16.2. The molecule has 0 amide bonds. The molecule has 0 fully saturated rings. The number of aryl methyl sites for hydroxylation is 7. The summed E-state index contributed by atoms with van der Waals surface area (Å²) >= 11 is 13.0. The van der Waals surface area contributed by atoms with Crippen LogP contribution in [-0.4, -0.2) is 4.98 Å². The van der Waals surface area contributed by atoms with Gasteiger partial charge >= 0.3 is 0 Å². The van der Waals surface area contributed by atoms with Gasteiger partial charge in [-0.25, -0.2) is 4.98 Å². The van der Waals surface area contributed by atoms with Crippen molar-refractivity contribution in [2.75, 3.05) is 10.6 Å². The van der Waals surface area contributed by atoms with Crippen LogP contribution in [0.5, 0.6) is 0 Å². The molecule has 0 atom stereocenters. The molecule has 3 aromatic carbocycles. The molecule has 0 aliphatic carbocycles. The number of azo groups is 1. The molecule has 1 aromatic heterocycles. The summed E-state index contributed by atoms with van der Waals surface area (Å²) in [6.07, 6.45) is 0.752. The molecule has 4 aromatic rings. The average Bonchev–Trinajstić information content (AvgIpc) is 2.89. The third-order valence-corrected chi connectivity index (χ3v) is 7.78. The maximum Gasteiger partial charge on any atom is 0.161 e. The Balaban J connectivity index is 1.92. The Morgan fingerprint density at radius 1 is 0.732 bits per heavy atom. The first-order valence-corrected chi connectivity index (χ1v) is 14.2. The van der Waals surface area contributed by atoms with Crippen LogP contribution in [0.4, 0.5) is 34.4 Å². The van der Waals surface area contributed by atoms with Crippen LogP contribution >= 0.6 is 23.2 Å². The van der Waals surface area contributed by atoms with Crippen molar-refractivity contribution in [3.8, 4) is 6.07 Å². The van der Waals surface area contributed by atoms with Crippen LogP contribution in [0.15, 0.2) is 46.6 Å². The highest BCUT2D eigenvalue weighted by Crippen LogP contribution is 2.40. The molecule has 0 spiro atoms. The Kier molecular flexibility index (Phi) is 9.01. The minimum absolute atomic E-state index is 0.381. The molecule has 0 radical (unpaired) electrons. The highest BCUT2D eigenvalue weighted by molar-refractivity contribution is 6.35. The van der Waals surface area contributed by atoms with E-state index in [1.165, 1.54) is 11.1 Å². The lowest BCUT2D eigenvalue weighted by Gasteiger charge is -2.19. The van der Waals surface area contributed by atoms with Gasteiger partial charge in [-0.05, 0) is 94.8 Å². The van der Waals surface area contributed by atoms with Crippen molar-refractivity contribution in [2.24, 2.45) is 10.2 Å². The fourth-order valence-corrected chi connectivity index (χ4v) is 5.67. The molecule has 4 rings (SSSR count). The second-order valence-corrected chi connectivity index (χ2v) is 11.3. The van der Waals surface area contributed by atoms with Crippen molar-refractivity contribution in [2.45, 2.75) is 61.8 Å². The maximum atomic E-state index is 10.2. The Hall–Kier alpha value is -3.92. The normalized spacial score (nSPS) is 11.1. The monoisotopic (exact) mass is 584 g/mol. The second kappa shape index (κ2) is 12.3. The SMILES string of the molecule is CCc1cc(Cl)c(N=Nc2c(Nc3c(C)cc(C)cc3C)nc(Nc3c(C)cc(C)cc3C)c(C#N)c2C)cc1Cl. The Labute approximate surface area is 252 Å². The molecule has 210 valence electrons. The number of hydrogen-bond acceptors (Lipinski definition) is 6. The molecular formula is C33H34Cl2N6. The number of pyridine rings is 1. The molecule has 2 N–H and O–H groups in total. The van der Waals surface area contributed by atoms with Crippen molar-refractivity contribution in [1.29, 1.82) is 5.26 Å². The number of benzene rings is 3. The van der Waals surface area contributed by atoms with Gasteiger partial charge in [-0.15, -0.1) is 10.2 Å². The second-order valence-electron chi connectivity index (χ2n) is 10.5. The van der Waals surface area contributed by atoms with Crippen LogP contribution in [-0.2, 0) is 6.42 Å². The Morgan fingerprint density at radius 3 is 1.73 bits per heavy atom. The van der Waals surface area contributed by atoms with Crippen molar-refractivity contribution >= 4 is 57.6 Å². The van der Waals surface area contributed by atoms with E-state index < -0.39 is 0 Å². The van der Waals surface area contributed by atoms with Crippen LogP contribution in [0, 0.1) is 59.8 Å². The van der Waals surface area contributed by atoms with Gasteiger partial charge in [0.2, 0.25) is 0 Å². The highest BCUT2D eigenvalue weighted by Gasteiger charge is 2.20. The quantitative estimate of drug-likeness (QED) is 0.211. The third kappa shape index (κ3) is 6.37. The van der Waals surface area contributed by atoms with Crippen molar-refractivity contribution in [3.63, 3.8) is 0 Å². The number of hydrogen-bond donors (Lipinski definition) is 2. The number of aromatic nitrogens is 1. The summed E-state index contributed by atoms with van der Waals surface area (Å²) in [5.41, 5.74) is 11.3. The largest absolute Gasteiger partial charge is 0.339 e. The zero-order valence-corrected chi connectivity index (χ0v) is 26.2. The Morgan fingerprint density at radius 2 is 1.24 bits per heavy atom. The van der Waals surface area contributed by atoms with Gasteiger partial charge in [-0.1, -0.05) is 65.5 Å². The van der Waals surface area contributed by atoms with Gasteiger partial charge in [0, 0.05) is 22.0 Å². The molecule has 0 aliphatic heterocycles. The lowest BCUT2D eigenvalue weighted by atomic mass is 10.0. The zero-order chi connectivity index (χ0) is 30.0. The van der Waals surface area contributed by atoms with E-state index >= 15 is 0 Å². The van der Waals surface area contributed by atoms with E-state index in [0.29, 0.717) is 44.2 Å². The van der Waals surface area contributed by atoms with Crippen LogP contribution < -0.4 is 10.6 Å². The van der Waals surface area contributed by atoms with Gasteiger partial charge in [0.15, 0.2) is 11.6 Å². The van der Waals surface area contributed by atoms with Crippen molar-refractivity contribution in [3.05, 3.63) is 96.5 Å². The molecule has 0 saturated heterocycles. The van der Waals surface area contributed by atoms with Crippen molar-refractivity contribution in [1.82, 2.24) is 4.98 Å². The summed E-state index contributed by atoms with van der Waals surface area (Å²) in [4.78, 5) is 4.93. The van der Waals surface area contributed by atoms with Crippen molar-refractivity contribution < 1.29 is 0 Å². The zero-order valence-electron chi connectivity index (χ0n) is 24.7. The van der Waals surface area contributed by atoms with Crippen LogP contribution in [0.2, 0.25) is 10.0 Å². The molecule has 6 nitrogen and oxygen atoms in total. The summed E-state index contributed by atoms with van der Waals surface area (Å²) in [5.74, 6) is 0.912. The van der Waals surface area contributed by atoms with Crippen LogP contribution in [0.1, 0.15) is 57.0 Å². The van der Waals surface area contributed by atoms with E-state index in [2.05, 4.69) is 78.9 Å². The summed E-state index contributed by atoms with van der Waals surface area (Å²) in [6, 6.07) is 14.3. The summed E-state index contributed by atoms with van der Waals surface area (Å²) in [5, 5.41) is 27.3. The van der Waals surface area contributed by atoms with E-state index in [1.807, 2.05) is 33.8 Å². The number of nitriles is 1. The average molecular weight is 586 g/mol. The van der Waals surface area contributed by atoms with Gasteiger partial charge in [-0.2, -0.15) is 5.26 Å². The first-order chi connectivity index (χ1) is 19.4. The predicted molar refractivity (Wildman–Crippen MR) is 172 cm³/mol. The summed E-state index contributed by atoms with van der Waals surface area (Å²) < 4.78 is 0. The number of nitrogens with one attached hydrogen (secondary N) is 2. The maximum absolute atomic E-state index is 10.2. The van der Waals surface area contributed by atoms with Gasteiger partial charge in [0.05, 0.1) is 10.6 Å². The Bertz CT molecular complexity index is 1690. The van der Waals surface area contributed by atoms with Gasteiger partial charge in [-0.3, -0.25) is 0 Å². The summed E-state index contributed by atoms with van der Waals surface area (Å²) in [7, 11) is 0. The fraction of sp³-hybridized carbons (Fsp3) is 0.273. The standard InChI is InChI=1S/C33H34Cl2N6/c1-9-24-14-27(35)28(15-26(24)34)40-41-31-23(8)25(16-36)32(37-29-19(4)10-17(2)11-20(29)5)39-33(31)38-30-21(6)12-18(3)13-22(30)7/h10-15H,9H2,1-8H3,(H2,37,38,39). The number of anilines is 4. The van der Waals surface area contributed by atoms with Crippen LogP contribution in [0.25, 0.3) is 0 Å². The molecule has 1 heterocycles. The number of rotatable bonds is 7. The fourth-order valence-electron chi connectivity index (χ4n) is 5.15. The predicted octanol–water partition coefficient (Wildman–Crippen LogP) is 10.9. The first kappa shape index (κ1) is 30.0. The van der Waals surface area contributed by atoms with E-state index in [0.717, 1.165) is 45.6 Å². The number of nitrogens with zero attached hydrogens (tertiary/aromatic N) is 4. The molecule has 0 aliphatic rings. The van der Waals surface area contributed by atoms with E-state index in [1.54, 1.807) is 6.07 Å². The van der Waals surface area contributed by atoms with E-state index in [4.69, 9.17) is 28.2 Å². The highest BCUT2D eigenvalue weighted by atomic mass is 35.5. The topological polar surface area (TPSA) is 85.5 Å². The van der Waals surface area contributed by atoms with Gasteiger partial charge in [0.1, 0.15) is 17.4 Å². The molecular weight excluding hydrogens is 551 g/mol. The first-order valence-electron chi connectivity index (χ1n) is 13.5. The van der Waals surface area contributed by atoms with E-state index in [-0.39, 0.29) is 0 Å². The molecule has 0 bridgehead atoms. The van der Waals surface area contributed by atoms with Gasteiger partial charge in [0.25, 0.3) is 0 Å². The third-order valence-electron chi connectivity index (χ3n) is 7.12. The molecule has 8 heteroatoms. The minimum atomic E-state index is 0.381. The minimum Gasteiger partial charge on any atom is -0.339 e.